The van der Waals surface area contributed by atoms with Gasteiger partial charge in [-0.3, -0.25) is 9.59 Å². The monoisotopic (exact) mass is 503 g/mol. The molecule has 2 heterocycles. The molecule has 34 heavy (non-hydrogen) atoms. The maximum absolute atomic E-state index is 13.1. The summed E-state index contributed by atoms with van der Waals surface area (Å²) in [6.07, 6.45) is 3.77. The molecule has 0 radical (unpaired) electrons. The number of piperidine rings is 1. The number of benzene rings is 1. The van der Waals surface area contributed by atoms with Crippen LogP contribution < -0.4 is 10.6 Å². The van der Waals surface area contributed by atoms with E-state index in [0.29, 0.717) is 47.0 Å². The molecule has 3 unspecified atom stereocenters. The van der Waals surface area contributed by atoms with Crippen LogP contribution in [0.5, 0.6) is 0 Å². The Labute approximate surface area is 206 Å². The topological polar surface area (TPSA) is 95.6 Å². The van der Waals surface area contributed by atoms with Crippen LogP contribution in [0.15, 0.2) is 29.2 Å². The molecular weight excluding hydrogens is 470 g/mol. The summed E-state index contributed by atoms with van der Waals surface area (Å²) in [5.74, 6) is 0.623. The van der Waals surface area contributed by atoms with Gasteiger partial charge in [0.2, 0.25) is 10.0 Å². The number of rotatable bonds is 5. The molecule has 1 fully saturated rings. The van der Waals surface area contributed by atoms with Crippen LogP contribution in [-0.2, 0) is 22.9 Å². The molecule has 1 aliphatic carbocycles. The van der Waals surface area contributed by atoms with Crippen molar-refractivity contribution in [3.05, 3.63) is 45.8 Å². The predicted molar refractivity (Wildman–Crippen MR) is 135 cm³/mol. The Morgan fingerprint density at radius 1 is 1.00 bits per heavy atom. The zero-order valence-corrected chi connectivity index (χ0v) is 21.8. The fourth-order valence-electron chi connectivity index (χ4n) is 5.11. The first-order valence-corrected chi connectivity index (χ1v) is 14.1. The maximum atomic E-state index is 13.1. The van der Waals surface area contributed by atoms with Gasteiger partial charge in [-0.05, 0) is 73.3 Å². The average Bonchev–Trinajstić information content (AvgIpc) is 3.14. The number of carbonyl (C=O) groups excluding carboxylic acids is 2. The van der Waals surface area contributed by atoms with Gasteiger partial charge in [-0.25, -0.2) is 8.42 Å². The lowest BCUT2D eigenvalue weighted by Gasteiger charge is -2.34. The molecular formula is C25H33N3O4S2. The van der Waals surface area contributed by atoms with Crippen LogP contribution in [0.4, 0.5) is 5.00 Å². The number of hydrogen-bond donors (Lipinski definition) is 2. The number of nitrogens with zero attached hydrogens (tertiary/aromatic N) is 1. The highest BCUT2D eigenvalue weighted by Gasteiger charge is 2.32. The van der Waals surface area contributed by atoms with Gasteiger partial charge >= 0.3 is 0 Å². The third-order valence-corrected chi connectivity index (χ3v) is 9.80. The Bertz CT molecular complexity index is 1180. The summed E-state index contributed by atoms with van der Waals surface area (Å²) < 4.78 is 27.8. The van der Waals surface area contributed by atoms with E-state index in [4.69, 9.17) is 0 Å². The first-order chi connectivity index (χ1) is 16.1. The molecule has 184 valence electrons. The molecule has 9 heteroatoms. The van der Waals surface area contributed by atoms with E-state index in [1.807, 2.05) is 0 Å². The van der Waals surface area contributed by atoms with Crippen LogP contribution >= 0.6 is 11.3 Å². The van der Waals surface area contributed by atoms with E-state index in [0.717, 1.165) is 36.1 Å². The molecule has 0 bridgehead atoms. The van der Waals surface area contributed by atoms with Crippen LogP contribution in [-0.4, -0.2) is 44.7 Å². The Kier molecular flexibility index (Phi) is 7.17. The molecule has 7 nitrogen and oxygen atoms in total. The van der Waals surface area contributed by atoms with Crippen molar-refractivity contribution in [3.8, 4) is 0 Å². The van der Waals surface area contributed by atoms with E-state index in [1.54, 1.807) is 11.4 Å². The first kappa shape index (κ1) is 24.9. The normalized spacial score (nSPS) is 23.2. The Hall–Kier alpha value is -2.23. The summed E-state index contributed by atoms with van der Waals surface area (Å²) in [6, 6.07) is 6.06. The lowest BCUT2D eigenvalue weighted by molar-refractivity contribution is 0.0963. The Morgan fingerprint density at radius 2 is 1.65 bits per heavy atom. The molecule has 2 aliphatic rings. The van der Waals surface area contributed by atoms with Gasteiger partial charge in [0.1, 0.15) is 5.00 Å². The van der Waals surface area contributed by atoms with Gasteiger partial charge in [0.25, 0.3) is 11.8 Å². The van der Waals surface area contributed by atoms with E-state index in [1.165, 1.54) is 35.6 Å². The molecule has 0 spiro atoms. The molecule has 0 saturated carbocycles. The number of anilines is 1. The number of hydrogen-bond acceptors (Lipinski definition) is 5. The summed E-state index contributed by atoms with van der Waals surface area (Å²) in [4.78, 5) is 26.9. The van der Waals surface area contributed by atoms with Crippen molar-refractivity contribution in [3.63, 3.8) is 0 Å². The fourth-order valence-corrected chi connectivity index (χ4v) is 8.19. The molecule has 1 aromatic carbocycles. The van der Waals surface area contributed by atoms with E-state index in [9.17, 15) is 18.0 Å². The van der Waals surface area contributed by atoms with E-state index >= 15 is 0 Å². The smallest absolute Gasteiger partial charge is 0.256 e. The van der Waals surface area contributed by atoms with E-state index in [2.05, 4.69) is 31.4 Å². The highest BCUT2D eigenvalue weighted by atomic mass is 32.2. The third-order valence-electron chi connectivity index (χ3n) is 6.78. The van der Waals surface area contributed by atoms with Crippen LogP contribution in [0.2, 0.25) is 0 Å². The van der Waals surface area contributed by atoms with Crippen LogP contribution in [0.3, 0.4) is 0 Å². The number of amides is 2. The van der Waals surface area contributed by atoms with Gasteiger partial charge in [-0.1, -0.05) is 20.8 Å². The molecule has 4 rings (SSSR count). The zero-order valence-electron chi connectivity index (χ0n) is 20.2. The molecule has 1 aromatic heterocycles. The molecule has 2 amide bonds. The minimum Gasteiger partial charge on any atom is -0.355 e. The SMILES string of the molecule is CNC(=O)c1c(NC(=O)c2ccc(S(=O)(=O)N3CC(C)CC(C)C3)cc2)sc2c1CCC(C)C2. The second-order valence-electron chi connectivity index (χ2n) is 9.88. The molecule has 2 aromatic rings. The van der Waals surface area contributed by atoms with E-state index < -0.39 is 10.0 Å². The largest absolute Gasteiger partial charge is 0.355 e. The summed E-state index contributed by atoms with van der Waals surface area (Å²) in [5.41, 5.74) is 1.93. The summed E-state index contributed by atoms with van der Waals surface area (Å²) >= 11 is 1.46. The molecule has 3 atom stereocenters. The second-order valence-corrected chi connectivity index (χ2v) is 12.9. The quantitative estimate of drug-likeness (QED) is 0.641. The van der Waals surface area contributed by atoms with Gasteiger partial charge < -0.3 is 10.6 Å². The highest BCUT2D eigenvalue weighted by Crippen LogP contribution is 2.40. The third kappa shape index (κ3) is 4.92. The number of fused-ring (bicyclic) bond motifs is 1. The summed E-state index contributed by atoms with van der Waals surface area (Å²) in [7, 11) is -2.02. The Morgan fingerprint density at radius 3 is 2.26 bits per heavy atom. The van der Waals surface area contributed by atoms with Crippen molar-refractivity contribution in [1.82, 2.24) is 9.62 Å². The number of sulfonamides is 1. The number of thiophene rings is 1. The molecule has 2 N–H and O–H groups in total. The number of carbonyl (C=O) groups is 2. The highest BCUT2D eigenvalue weighted by molar-refractivity contribution is 7.89. The van der Waals surface area contributed by atoms with Crippen molar-refractivity contribution < 1.29 is 18.0 Å². The van der Waals surface area contributed by atoms with Crippen molar-refractivity contribution in [2.75, 3.05) is 25.5 Å². The fraction of sp³-hybridized carbons (Fsp3) is 0.520. The average molecular weight is 504 g/mol. The standard InChI is InChI=1S/C25H33N3O4S2/c1-15-5-10-20-21(12-15)33-25(22(20)24(30)26-4)27-23(29)18-6-8-19(9-7-18)34(31,32)28-13-16(2)11-17(3)14-28/h6-9,15-17H,5,10-14H2,1-4H3,(H,26,30)(H,27,29). The van der Waals surface area contributed by atoms with Gasteiger partial charge in [0.15, 0.2) is 0 Å². The lowest BCUT2D eigenvalue weighted by atomic mass is 9.88. The molecule has 1 aliphatic heterocycles. The van der Waals surface area contributed by atoms with Gasteiger partial charge in [-0.2, -0.15) is 4.31 Å². The Balaban J connectivity index is 1.54. The van der Waals surface area contributed by atoms with Gasteiger partial charge in [-0.15, -0.1) is 11.3 Å². The minimum atomic E-state index is -3.61. The molecule has 1 saturated heterocycles. The summed E-state index contributed by atoms with van der Waals surface area (Å²) in [5, 5.41) is 6.15. The van der Waals surface area contributed by atoms with Crippen molar-refractivity contribution >= 4 is 38.2 Å². The van der Waals surface area contributed by atoms with Crippen molar-refractivity contribution in [2.24, 2.45) is 17.8 Å². The maximum Gasteiger partial charge on any atom is 0.256 e. The van der Waals surface area contributed by atoms with Gasteiger partial charge in [0, 0.05) is 30.6 Å². The van der Waals surface area contributed by atoms with Crippen molar-refractivity contribution in [2.45, 2.75) is 51.3 Å². The zero-order chi connectivity index (χ0) is 24.6. The van der Waals surface area contributed by atoms with Crippen LogP contribution in [0.1, 0.15) is 64.8 Å². The first-order valence-electron chi connectivity index (χ1n) is 11.9. The van der Waals surface area contributed by atoms with Crippen LogP contribution in [0.25, 0.3) is 0 Å². The lowest BCUT2D eigenvalue weighted by Crippen LogP contribution is -2.42. The number of nitrogens with one attached hydrogen (secondary N) is 2. The summed E-state index contributed by atoms with van der Waals surface area (Å²) in [6.45, 7) is 7.36. The second kappa shape index (κ2) is 9.79. The van der Waals surface area contributed by atoms with Crippen LogP contribution in [0, 0.1) is 17.8 Å². The van der Waals surface area contributed by atoms with Gasteiger partial charge in [0.05, 0.1) is 10.5 Å². The van der Waals surface area contributed by atoms with Crippen molar-refractivity contribution in [1.29, 1.82) is 0 Å². The minimum absolute atomic E-state index is 0.192. The van der Waals surface area contributed by atoms with E-state index in [-0.39, 0.29) is 16.7 Å². The predicted octanol–water partition coefficient (Wildman–Crippen LogP) is 4.15.